The smallest absolute Gasteiger partial charge is 0.338 e. The highest BCUT2D eigenvalue weighted by Crippen LogP contribution is 2.28. The minimum atomic E-state index is -0.424. The zero-order valence-corrected chi connectivity index (χ0v) is 16.7. The maximum absolute atomic E-state index is 13.2. The molecule has 5 rings (SSSR count). The second-order valence-corrected chi connectivity index (χ2v) is 7.18. The van der Waals surface area contributed by atoms with E-state index in [0.29, 0.717) is 22.7 Å². The van der Waals surface area contributed by atoms with Gasteiger partial charge in [-0.1, -0.05) is 24.3 Å². The number of rotatable bonds is 4. The highest BCUT2D eigenvalue weighted by Gasteiger charge is 2.09. The fourth-order valence-electron chi connectivity index (χ4n) is 3.48. The number of anilines is 3. The van der Waals surface area contributed by atoms with E-state index < -0.39 is 5.63 Å². The summed E-state index contributed by atoms with van der Waals surface area (Å²) >= 11 is 0. The van der Waals surface area contributed by atoms with Crippen molar-refractivity contribution in [3.63, 3.8) is 0 Å². The van der Waals surface area contributed by atoms with E-state index in [4.69, 9.17) is 10.2 Å². The van der Waals surface area contributed by atoms with Gasteiger partial charge in [-0.2, -0.15) is 0 Å². The van der Waals surface area contributed by atoms with Gasteiger partial charge in [0.05, 0.1) is 17.1 Å². The van der Waals surface area contributed by atoms with E-state index >= 15 is 0 Å². The first-order chi connectivity index (χ1) is 15.5. The van der Waals surface area contributed by atoms with Crippen LogP contribution in [-0.4, -0.2) is 9.97 Å². The predicted octanol–water partition coefficient (Wildman–Crippen LogP) is 5.38. The number of hydrogen-bond acceptors (Lipinski definition) is 6. The zero-order chi connectivity index (χ0) is 22.1. The van der Waals surface area contributed by atoms with E-state index in [1.165, 1.54) is 18.2 Å². The quantitative estimate of drug-likeness (QED) is 0.376. The number of benzene rings is 3. The van der Waals surface area contributed by atoms with E-state index in [9.17, 15) is 9.18 Å². The van der Waals surface area contributed by atoms with Crippen LogP contribution >= 0.6 is 0 Å². The molecular weight excluding hydrogens is 407 g/mol. The average Bonchev–Trinajstić information content (AvgIpc) is 2.79. The van der Waals surface area contributed by atoms with Crippen LogP contribution in [0.1, 0.15) is 0 Å². The maximum Gasteiger partial charge on any atom is 0.338 e. The number of aromatic nitrogens is 2. The molecule has 32 heavy (non-hydrogen) atoms. The van der Waals surface area contributed by atoms with Crippen molar-refractivity contribution in [1.82, 2.24) is 9.97 Å². The van der Waals surface area contributed by atoms with E-state index in [1.807, 2.05) is 48.5 Å². The molecule has 0 spiro atoms. The Kier molecular flexibility index (Phi) is 4.84. The van der Waals surface area contributed by atoms with Gasteiger partial charge in [0.1, 0.15) is 11.4 Å². The van der Waals surface area contributed by atoms with Gasteiger partial charge in [-0.15, -0.1) is 0 Å². The Labute approximate surface area is 182 Å². The lowest BCUT2D eigenvalue weighted by atomic mass is 10.1. The van der Waals surface area contributed by atoms with E-state index in [1.54, 1.807) is 18.2 Å². The number of para-hydroxylation sites is 1. The monoisotopic (exact) mass is 424 g/mol. The third-order valence-electron chi connectivity index (χ3n) is 4.99. The minimum absolute atomic E-state index is 0.131. The Hall–Kier alpha value is -4.52. The molecule has 0 unspecified atom stereocenters. The van der Waals surface area contributed by atoms with Gasteiger partial charge in [0.15, 0.2) is 0 Å². The van der Waals surface area contributed by atoms with Crippen molar-refractivity contribution in [2.45, 2.75) is 0 Å². The van der Waals surface area contributed by atoms with Gasteiger partial charge in [-0.3, -0.25) is 0 Å². The summed E-state index contributed by atoms with van der Waals surface area (Å²) in [5.74, 6) is -0.186. The average molecular weight is 424 g/mol. The second-order valence-electron chi connectivity index (χ2n) is 7.18. The number of fused-ring (bicyclic) bond motifs is 1. The summed E-state index contributed by atoms with van der Waals surface area (Å²) in [6.45, 7) is 0. The highest BCUT2D eigenvalue weighted by atomic mass is 19.1. The summed E-state index contributed by atoms with van der Waals surface area (Å²) in [7, 11) is 0. The number of hydrogen-bond donors (Lipinski definition) is 2. The van der Waals surface area contributed by atoms with Crippen LogP contribution in [-0.2, 0) is 0 Å². The lowest BCUT2D eigenvalue weighted by Gasteiger charge is -2.10. The Balaban J connectivity index is 1.46. The number of nitrogens with one attached hydrogen (secondary N) is 1. The third-order valence-corrected chi connectivity index (χ3v) is 4.99. The van der Waals surface area contributed by atoms with Gasteiger partial charge in [-0.25, -0.2) is 19.2 Å². The molecule has 0 radical (unpaired) electrons. The molecule has 0 amide bonds. The van der Waals surface area contributed by atoms with Gasteiger partial charge in [0, 0.05) is 28.3 Å². The van der Waals surface area contributed by atoms with Crippen LogP contribution in [0.2, 0.25) is 0 Å². The van der Waals surface area contributed by atoms with Gasteiger partial charge in [0.2, 0.25) is 5.95 Å². The summed E-state index contributed by atoms with van der Waals surface area (Å²) in [6, 6.07) is 24.2. The summed E-state index contributed by atoms with van der Waals surface area (Å²) in [4.78, 5) is 20.5. The van der Waals surface area contributed by atoms with Gasteiger partial charge >= 0.3 is 5.63 Å². The van der Waals surface area contributed by atoms with Gasteiger partial charge < -0.3 is 15.5 Å². The Morgan fingerprint density at radius 3 is 2.12 bits per heavy atom. The molecule has 0 aliphatic heterocycles. The van der Waals surface area contributed by atoms with Crippen LogP contribution in [0, 0.1) is 5.82 Å². The van der Waals surface area contributed by atoms with Gasteiger partial charge in [-0.05, 0) is 54.6 Å². The molecule has 0 atom stereocenters. The number of nitrogens with zero attached hydrogens (tertiary/aromatic N) is 2. The Morgan fingerprint density at radius 2 is 1.44 bits per heavy atom. The lowest BCUT2D eigenvalue weighted by molar-refractivity contribution is 0.561. The molecule has 156 valence electrons. The first-order valence-electron chi connectivity index (χ1n) is 9.86. The Bertz CT molecular complexity index is 1480. The summed E-state index contributed by atoms with van der Waals surface area (Å²) in [5.41, 5.74) is 10.3. The molecular formula is C25H17FN4O2. The number of halogens is 1. The molecule has 0 saturated heterocycles. The first-order valence-corrected chi connectivity index (χ1v) is 9.86. The molecule has 3 aromatic carbocycles. The van der Waals surface area contributed by atoms with Crippen molar-refractivity contribution < 1.29 is 8.81 Å². The van der Waals surface area contributed by atoms with Crippen LogP contribution in [0.3, 0.4) is 0 Å². The normalized spacial score (nSPS) is 10.9. The molecule has 2 heterocycles. The SMILES string of the molecule is Nc1nc(-c2ccc(F)cc2)cc(-c2ccc(Nc3cc(=O)oc4ccccc34)cc2)n1. The largest absolute Gasteiger partial charge is 0.423 e. The van der Waals surface area contributed by atoms with Crippen molar-refractivity contribution in [3.05, 3.63) is 101 Å². The van der Waals surface area contributed by atoms with Crippen molar-refractivity contribution in [2.75, 3.05) is 11.1 Å². The number of nitrogens with two attached hydrogens (primary N) is 1. The Morgan fingerprint density at radius 1 is 0.812 bits per heavy atom. The molecule has 0 aliphatic carbocycles. The lowest BCUT2D eigenvalue weighted by Crippen LogP contribution is -2.01. The standard InChI is InChI=1S/C25H17FN4O2/c26-17-9-5-15(6-10-17)20-13-21(30-25(27)29-20)16-7-11-18(12-8-16)28-22-14-24(31)32-23-4-2-1-3-19(22)23/h1-14,28H,(H2,27,29,30). The molecule has 0 bridgehead atoms. The molecule has 7 heteroatoms. The maximum atomic E-state index is 13.2. The number of nitrogen functional groups attached to an aromatic ring is 1. The fraction of sp³-hybridized carbons (Fsp3) is 0. The zero-order valence-electron chi connectivity index (χ0n) is 16.7. The molecule has 5 aromatic rings. The first kappa shape index (κ1) is 19.4. The van der Waals surface area contributed by atoms with Crippen molar-refractivity contribution >= 4 is 28.3 Å². The second kappa shape index (κ2) is 7.96. The predicted molar refractivity (Wildman–Crippen MR) is 123 cm³/mol. The molecule has 6 nitrogen and oxygen atoms in total. The van der Waals surface area contributed by atoms with E-state index in [-0.39, 0.29) is 11.8 Å². The van der Waals surface area contributed by atoms with E-state index in [0.717, 1.165) is 22.2 Å². The van der Waals surface area contributed by atoms with Crippen molar-refractivity contribution in [1.29, 1.82) is 0 Å². The highest BCUT2D eigenvalue weighted by molar-refractivity contribution is 5.91. The summed E-state index contributed by atoms with van der Waals surface area (Å²) in [6.07, 6.45) is 0. The van der Waals surface area contributed by atoms with Crippen LogP contribution in [0.4, 0.5) is 21.7 Å². The van der Waals surface area contributed by atoms with Crippen LogP contribution in [0.25, 0.3) is 33.5 Å². The van der Waals surface area contributed by atoms with Crippen LogP contribution in [0.5, 0.6) is 0 Å². The summed E-state index contributed by atoms with van der Waals surface area (Å²) < 4.78 is 18.5. The third kappa shape index (κ3) is 3.91. The van der Waals surface area contributed by atoms with Crippen LogP contribution < -0.4 is 16.7 Å². The van der Waals surface area contributed by atoms with Crippen molar-refractivity contribution in [2.24, 2.45) is 0 Å². The minimum Gasteiger partial charge on any atom is -0.423 e. The molecule has 3 N–H and O–H groups in total. The molecule has 2 aromatic heterocycles. The van der Waals surface area contributed by atoms with Crippen molar-refractivity contribution in [3.8, 4) is 22.5 Å². The molecule has 0 saturated carbocycles. The summed E-state index contributed by atoms with van der Waals surface area (Å²) in [5, 5.41) is 4.08. The fourth-order valence-corrected chi connectivity index (χ4v) is 3.48. The van der Waals surface area contributed by atoms with Gasteiger partial charge in [0.25, 0.3) is 0 Å². The van der Waals surface area contributed by atoms with E-state index in [2.05, 4.69) is 15.3 Å². The molecule has 0 fully saturated rings. The topological polar surface area (TPSA) is 94.0 Å². The van der Waals surface area contributed by atoms with Crippen LogP contribution in [0.15, 0.2) is 94.1 Å². The molecule has 0 aliphatic rings.